The summed E-state index contributed by atoms with van der Waals surface area (Å²) in [6.45, 7) is 0. The van der Waals surface area contributed by atoms with Gasteiger partial charge in [0.1, 0.15) is 0 Å². The van der Waals surface area contributed by atoms with Crippen LogP contribution in [0.3, 0.4) is 0 Å². The Labute approximate surface area is 322 Å². The second-order valence-electron chi connectivity index (χ2n) is 14.8. The lowest BCUT2D eigenvalue weighted by Gasteiger charge is -2.18. The maximum atomic E-state index is 2.41. The van der Waals surface area contributed by atoms with Crippen molar-refractivity contribution in [2.45, 2.75) is 0 Å². The highest BCUT2D eigenvalue weighted by molar-refractivity contribution is 7.27. The van der Waals surface area contributed by atoms with Crippen LogP contribution in [-0.4, -0.2) is 0 Å². The number of hydrogen-bond donors (Lipinski definition) is 0. The highest BCUT2D eigenvalue weighted by atomic mass is 32.1. The van der Waals surface area contributed by atoms with Crippen LogP contribution in [0.1, 0.15) is 0 Å². The summed E-state index contributed by atoms with van der Waals surface area (Å²) in [7, 11) is 0. The van der Waals surface area contributed by atoms with E-state index in [0.29, 0.717) is 0 Å². The summed E-state index contributed by atoms with van der Waals surface area (Å²) >= 11 is 1.92. The van der Waals surface area contributed by atoms with Gasteiger partial charge in [0.15, 0.2) is 0 Å². The van der Waals surface area contributed by atoms with Gasteiger partial charge in [-0.25, -0.2) is 0 Å². The largest absolute Gasteiger partial charge is 0.134 e. The second kappa shape index (κ2) is 11.9. The first-order valence-electron chi connectivity index (χ1n) is 19.0. The van der Waals surface area contributed by atoms with Crippen molar-refractivity contribution in [1.82, 2.24) is 0 Å². The summed E-state index contributed by atoms with van der Waals surface area (Å²) in [5, 5.41) is 18.2. The van der Waals surface area contributed by atoms with Crippen molar-refractivity contribution in [3.8, 4) is 33.4 Å². The Kier molecular flexibility index (Phi) is 6.60. The van der Waals surface area contributed by atoms with E-state index in [0.717, 1.165) is 0 Å². The van der Waals surface area contributed by atoms with E-state index in [9.17, 15) is 0 Å². The predicted octanol–water partition coefficient (Wildman–Crippen LogP) is 16.0. The molecule has 0 aliphatic rings. The van der Waals surface area contributed by atoms with E-state index in [2.05, 4.69) is 194 Å². The van der Waals surface area contributed by atoms with Crippen LogP contribution in [0.5, 0.6) is 0 Å². The smallest absolute Gasteiger partial charge is 0.0440 e. The molecular weight excluding hydrogens is 681 g/mol. The first kappa shape index (κ1) is 30.6. The van der Waals surface area contributed by atoms with E-state index in [1.165, 1.54) is 118 Å². The molecule has 11 aromatic carbocycles. The van der Waals surface area contributed by atoms with Gasteiger partial charge in [-0.1, -0.05) is 170 Å². The van der Waals surface area contributed by atoms with E-state index in [1.54, 1.807) is 0 Å². The van der Waals surface area contributed by atoms with Crippen LogP contribution in [0.4, 0.5) is 0 Å². The Bertz CT molecular complexity index is 3470. The average Bonchev–Trinajstić information content (AvgIpc) is 3.63. The molecule has 254 valence electrons. The Hall–Kier alpha value is -6.80. The standard InChI is InChI=1S/C54H32S/c1-2-12-36-29-39(28-23-33(36)11-1)52-46-18-8-6-16-44(46)51(45-17-7-9-19-47(45)52)35-24-21-34(22-25-35)37-26-27-38-31-49-50(32-40(38)30-37)55-54-48-20-10-4-14-42(48)41-13-3-5-15-43(41)53(49)54/h1-32H. The van der Waals surface area contributed by atoms with Crippen molar-refractivity contribution >= 4 is 96.1 Å². The first-order valence-corrected chi connectivity index (χ1v) is 19.8. The van der Waals surface area contributed by atoms with Crippen LogP contribution in [0.2, 0.25) is 0 Å². The molecular formula is C54H32S. The minimum atomic E-state index is 1.22. The highest BCUT2D eigenvalue weighted by Crippen LogP contribution is 2.47. The molecule has 0 saturated heterocycles. The number of benzene rings is 11. The summed E-state index contributed by atoms with van der Waals surface area (Å²) in [6, 6.07) is 72.1. The van der Waals surface area contributed by atoms with Crippen LogP contribution in [0.15, 0.2) is 194 Å². The van der Waals surface area contributed by atoms with Crippen LogP contribution in [0, 0.1) is 0 Å². The summed E-state index contributed by atoms with van der Waals surface area (Å²) in [5.74, 6) is 0. The molecule has 0 amide bonds. The number of hydrogen-bond acceptors (Lipinski definition) is 1. The van der Waals surface area contributed by atoms with Crippen LogP contribution in [-0.2, 0) is 0 Å². The lowest BCUT2D eigenvalue weighted by atomic mass is 9.85. The number of thiophene rings is 1. The van der Waals surface area contributed by atoms with E-state index in [-0.39, 0.29) is 0 Å². The second-order valence-corrected chi connectivity index (χ2v) is 15.8. The minimum absolute atomic E-state index is 1.22. The number of rotatable bonds is 3. The van der Waals surface area contributed by atoms with E-state index in [4.69, 9.17) is 0 Å². The van der Waals surface area contributed by atoms with E-state index in [1.807, 2.05) is 11.3 Å². The van der Waals surface area contributed by atoms with Gasteiger partial charge >= 0.3 is 0 Å². The van der Waals surface area contributed by atoms with Crippen molar-refractivity contribution in [3.63, 3.8) is 0 Å². The minimum Gasteiger partial charge on any atom is -0.134 e. The summed E-state index contributed by atoms with van der Waals surface area (Å²) in [4.78, 5) is 0. The molecule has 0 aliphatic carbocycles. The fourth-order valence-electron chi connectivity index (χ4n) is 9.25. The molecule has 0 unspecified atom stereocenters. The molecule has 12 aromatic rings. The topological polar surface area (TPSA) is 0 Å². The van der Waals surface area contributed by atoms with E-state index < -0.39 is 0 Å². The van der Waals surface area contributed by atoms with Crippen LogP contribution >= 0.6 is 11.3 Å². The molecule has 55 heavy (non-hydrogen) atoms. The third-order valence-corrected chi connectivity index (χ3v) is 13.0. The predicted molar refractivity (Wildman–Crippen MR) is 241 cm³/mol. The van der Waals surface area contributed by atoms with Crippen LogP contribution in [0.25, 0.3) is 118 Å². The van der Waals surface area contributed by atoms with Crippen molar-refractivity contribution < 1.29 is 0 Å². The molecule has 0 bridgehead atoms. The third-order valence-electron chi connectivity index (χ3n) is 11.8. The summed E-state index contributed by atoms with van der Waals surface area (Å²) in [6.07, 6.45) is 0. The zero-order chi connectivity index (χ0) is 36.0. The molecule has 1 heteroatoms. The lowest BCUT2D eigenvalue weighted by molar-refractivity contribution is 1.63. The molecule has 1 heterocycles. The number of fused-ring (bicyclic) bond motifs is 12. The zero-order valence-electron chi connectivity index (χ0n) is 29.9. The Balaban J connectivity index is 0.988. The van der Waals surface area contributed by atoms with Crippen molar-refractivity contribution in [3.05, 3.63) is 194 Å². The SMILES string of the molecule is c1ccc2cc(-c3c4ccccc4c(-c4ccc(-c5ccc6cc7c(cc6c5)sc5c6ccccc6c6ccccc6c75)cc4)c4ccccc34)ccc2c1. The van der Waals surface area contributed by atoms with Crippen LogP contribution < -0.4 is 0 Å². The Morgan fingerprint density at radius 3 is 1.40 bits per heavy atom. The fraction of sp³-hybridized carbons (Fsp3) is 0. The van der Waals surface area contributed by atoms with E-state index >= 15 is 0 Å². The summed E-state index contributed by atoms with van der Waals surface area (Å²) < 4.78 is 2.71. The van der Waals surface area contributed by atoms with Gasteiger partial charge in [0.05, 0.1) is 0 Å². The molecule has 0 fully saturated rings. The molecule has 0 radical (unpaired) electrons. The quantitative estimate of drug-likeness (QED) is 0.126. The normalized spacial score (nSPS) is 12.0. The molecule has 0 nitrogen and oxygen atoms in total. The Morgan fingerprint density at radius 2 is 0.709 bits per heavy atom. The molecule has 0 aliphatic heterocycles. The van der Waals surface area contributed by atoms with Gasteiger partial charge in [0.25, 0.3) is 0 Å². The van der Waals surface area contributed by atoms with Crippen molar-refractivity contribution in [2.75, 3.05) is 0 Å². The summed E-state index contributed by atoms with van der Waals surface area (Å²) in [5.41, 5.74) is 7.51. The third kappa shape index (κ3) is 4.64. The van der Waals surface area contributed by atoms with Gasteiger partial charge in [-0.05, 0) is 117 Å². The molecule has 0 spiro atoms. The van der Waals surface area contributed by atoms with Crippen molar-refractivity contribution in [1.29, 1.82) is 0 Å². The van der Waals surface area contributed by atoms with Gasteiger partial charge in [0.2, 0.25) is 0 Å². The molecule has 0 N–H and O–H groups in total. The zero-order valence-corrected chi connectivity index (χ0v) is 30.7. The molecule has 0 atom stereocenters. The molecule has 12 rings (SSSR count). The lowest BCUT2D eigenvalue weighted by Crippen LogP contribution is -1.91. The van der Waals surface area contributed by atoms with Crippen molar-refractivity contribution in [2.24, 2.45) is 0 Å². The maximum absolute atomic E-state index is 2.41. The van der Waals surface area contributed by atoms with Gasteiger partial charge in [-0.15, -0.1) is 11.3 Å². The Morgan fingerprint density at radius 1 is 0.255 bits per heavy atom. The first-order chi connectivity index (χ1) is 27.3. The molecule has 0 saturated carbocycles. The monoisotopic (exact) mass is 712 g/mol. The van der Waals surface area contributed by atoms with Gasteiger partial charge < -0.3 is 0 Å². The maximum Gasteiger partial charge on any atom is 0.0440 e. The van der Waals surface area contributed by atoms with Gasteiger partial charge in [-0.3, -0.25) is 0 Å². The van der Waals surface area contributed by atoms with Gasteiger partial charge in [-0.2, -0.15) is 0 Å². The molecule has 1 aromatic heterocycles. The fourth-order valence-corrected chi connectivity index (χ4v) is 10.5. The average molecular weight is 713 g/mol. The van der Waals surface area contributed by atoms with Gasteiger partial charge in [0, 0.05) is 25.6 Å². The highest BCUT2D eigenvalue weighted by Gasteiger charge is 2.18.